The van der Waals surface area contributed by atoms with E-state index in [0.29, 0.717) is 19.5 Å². The van der Waals surface area contributed by atoms with Gasteiger partial charge < -0.3 is 20.3 Å². The lowest BCUT2D eigenvalue weighted by Gasteiger charge is -2.35. The minimum Gasteiger partial charge on any atom is -0.444 e. The van der Waals surface area contributed by atoms with E-state index < -0.39 is 23.8 Å². The Morgan fingerprint density at radius 3 is 2.20 bits per heavy atom. The highest BCUT2D eigenvalue weighted by molar-refractivity contribution is 5.92. The quantitative estimate of drug-likeness (QED) is 0.241. The smallest absolute Gasteiger partial charge is 0.408 e. The summed E-state index contributed by atoms with van der Waals surface area (Å²) in [6.45, 7) is 16.3. The molecule has 3 amide bonds. The van der Waals surface area contributed by atoms with E-state index in [1.807, 2.05) is 76.2 Å². The molecule has 2 atom stereocenters. The first-order valence-electron chi connectivity index (χ1n) is 15.0. The van der Waals surface area contributed by atoms with E-state index in [9.17, 15) is 14.4 Å². The highest BCUT2D eigenvalue weighted by Crippen LogP contribution is 2.27. The maximum atomic E-state index is 14.4. The van der Waals surface area contributed by atoms with Gasteiger partial charge in [0.2, 0.25) is 11.8 Å². The van der Waals surface area contributed by atoms with Crippen LogP contribution in [0.15, 0.2) is 48.5 Å². The Labute approximate surface area is 247 Å². The van der Waals surface area contributed by atoms with Gasteiger partial charge in [-0.25, -0.2) is 4.79 Å². The van der Waals surface area contributed by atoms with E-state index in [1.54, 1.807) is 25.7 Å². The summed E-state index contributed by atoms with van der Waals surface area (Å²) < 4.78 is 5.50. The van der Waals surface area contributed by atoms with Crippen LogP contribution in [0.4, 0.5) is 4.79 Å². The standard InChI is InChI=1S/C34H51N3O4/c1-9-10-11-15-20-37(32(39)29(21-24(2)3)36-33(40)41-34(6,7)8)30(28-19-18-25(4)26(5)22-28)31(38)35-23-27-16-13-12-14-17-27/h12-14,16-19,22,24,29-30H,9-11,15,20-21,23H2,1-8H3,(H,35,38)(H,36,40). The molecule has 226 valence electrons. The lowest BCUT2D eigenvalue weighted by atomic mass is 9.96. The SMILES string of the molecule is CCCCCCN(C(=O)C(CC(C)C)NC(=O)OC(C)(C)C)C(C(=O)NCc1ccccc1)c1ccc(C)c(C)c1. The van der Waals surface area contributed by atoms with E-state index >= 15 is 0 Å². The Morgan fingerprint density at radius 2 is 1.61 bits per heavy atom. The van der Waals surface area contributed by atoms with Crippen molar-refractivity contribution in [2.24, 2.45) is 5.92 Å². The molecule has 0 aliphatic rings. The Kier molecular flexibility index (Phi) is 13.4. The number of amides is 3. The molecule has 2 N–H and O–H groups in total. The topological polar surface area (TPSA) is 87.7 Å². The summed E-state index contributed by atoms with van der Waals surface area (Å²) in [6.07, 6.45) is 3.59. The third-order valence-corrected chi connectivity index (χ3v) is 6.95. The van der Waals surface area contributed by atoms with E-state index in [4.69, 9.17) is 4.74 Å². The third kappa shape index (κ3) is 11.6. The molecule has 2 aromatic rings. The minimum atomic E-state index is -0.845. The van der Waals surface area contributed by atoms with Crippen LogP contribution in [0, 0.1) is 19.8 Å². The first-order valence-corrected chi connectivity index (χ1v) is 15.0. The summed E-state index contributed by atoms with van der Waals surface area (Å²) in [5, 5.41) is 5.90. The predicted molar refractivity (Wildman–Crippen MR) is 165 cm³/mol. The van der Waals surface area contributed by atoms with Gasteiger partial charge in [0.15, 0.2) is 0 Å². The van der Waals surface area contributed by atoms with Gasteiger partial charge in [-0.2, -0.15) is 0 Å². The Balaban J connectivity index is 2.51. The molecular formula is C34H51N3O4. The lowest BCUT2D eigenvalue weighted by molar-refractivity contribution is -0.143. The van der Waals surface area contributed by atoms with Crippen molar-refractivity contribution in [1.82, 2.24) is 15.5 Å². The monoisotopic (exact) mass is 565 g/mol. The average molecular weight is 566 g/mol. The van der Waals surface area contributed by atoms with E-state index in [0.717, 1.165) is 47.9 Å². The van der Waals surface area contributed by atoms with Gasteiger partial charge in [0, 0.05) is 13.1 Å². The molecule has 0 saturated carbocycles. The average Bonchev–Trinajstić information content (AvgIpc) is 2.89. The Morgan fingerprint density at radius 1 is 0.927 bits per heavy atom. The molecule has 2 aromatic carbocycles. The second kappa shape index (κ2) is 16.2. The highest BCUT2D eigenvalue weighted by Gasteiger charge is 2.36. The minimum absolute atomic E-state index is 0.132. The van der Waals surface area contributed by atoms with Crippen molar-refractivity contribution >= 4 is 17.9 Å². The molecule has 0 aliphatic heterocycles. The number of unbranched alkanes of at least 4 members (excludes halogenated alkanes) is 3. The molecule has 0 spiro atoms. The van der Waals surface area contributed by atoms with Crippen LogP contribution in [-0.2, 0) is 20.9 Å². The van der Waals surface area contributed by atoms with Crippen LogP contribution in [0.3, 0.4) is 0 Å². The number of ether oxygens (including phenoxy) is 1. The molecule has 2 unspecified atom stereocenters. The highest BCUT2D eigenvalue weighted by atomic mass is 16.6. The fourth-order valence-electron chi connectivity index (χ4n) is 4.71. The van der Waals surface area contributed by atoms with Gasteiger partial charge in [-0.1, -0.05) is 88.6 Å². The fraction of sp³-hybridized carbons (Fsp3) is 0.559. The Hall–Kier alpha value is -3.35. The van der Waals surface area contributed by atoms with Gasteiger partial charge in [0.05, 0.1) is 0 Å². The van der Waals surface area contributed by atoms with Gasteiger partial charge in [-0.15, -0.1) is 0 Å². The van der Waals surface area contributed by atoms with Crippen LogP contribution in [0.5, 0.6) is 0 Å². The van der Waals surface area contributed by atoms with E-state index in [2.05, 4.69) is 17.6 Å². The molecule has 0 bridgehead atoms. The number of carbonyl (C=O) groups excluding carboxylic acids is 3. The summed E-state index contributed by atoms with van der Waals surface area (Å²) in [6, 6.07) is 14.0. The second-order valence-corrected chi connectivity index (χ2v) is 12.4. The molecule has 0 aromatic heterocycles. The van der Waals surface area contributed by atoms with Crippen LogP contribution in [0.2, 0.25) is 0 Å². The number of rotatable bonds is 14. The van der Waals surface area contributed by atoms with Crippen LogP contribution in [0.25, 0.3) is 0 Å². The molecular weight excluding hydrogens is 514 g/mol. The van der Waals surface area contributed by atoms with Crippen LogP contribution < -0.4 is 10.6 Å². The second-order valence-electron chi connectivity index (χ2n) is 12.4. The van der Waals surface area contributed by atoms with Crippen molar-refractivity contribution in [1.29, 1.82) is 0 Å². The molecule has 0 heterocycles. The van der Waals surface area contributed by atoms with Gasteiger partial charge in [-0.05, 0) is 75.6 Å². The summed E-state index contributed by atoms with van der Waals surface area (Å²) in [7, 11) is 0. The number of hydrogen-bond acceptors (Lipinski definition) is 4. The molecule has 0 aliphatic carbocycles. The van der Waals surface area contributed by atoms with E-state index in [1.165, 1.54) is 0 Å². The molecule has 0 radical (unpaired) electrons. The summed E-state index contributed by atoms with van der Waals surface area (Å²) in [4.78, 5) is 42.8. The van der Waals surface area contributed by atoms with Crippen molar-refractivity contribution in [2.75, 3.05) is 6.54 Å². The predicted octanol–water partition coefficient (Wildman–Crippen LogP) is 7.01. The zero-order chi connectivity index (χ0) is 30.6. The molecule has 0 saturated heterocycles. The van der Waals surface area contributed by atoms with Crippen molar-refractivity contribution < 1.29 is 19.1 Å². The number of benzene rings is 2. The van der Waals surface area contributed by atoms with Crippen molar-refractivity contribution in [3.05, 3.63) is 70.8 Å². The molecule has 2 rings (SSSR count). The first-order chi connectivity index (χ1) is 19.3. The largest absolute Gasteiger partial charge is 0.444 e. The number of hydrogen-bond donors (Lipinski definition) is 2. The first kappa shape index (κ1) is 33.9. The van der Waals surface area contributed by atoms with Gasteiger partial charge in [-0.3, -0.25) is 9.59 Å². The van der Waals surface area contributed by atoms with Crippen LogP contribution in [0.1, 0.15) is 102 Å². The lowest BCUT2D eigenvalue weighted by Crippen LogP contribution is -2.53. The van der Waals surface area contributed by atoms with Gasteiger partial charge >= 0.3 is 6.09 Å². The van der Waals surface area contributed by atoms with Crippen LogP contribution in [-0.4, -0.2) is 41.0 Å². The molecule has 41 heavy (non-hydrogen) atoms. The normalized spacial score (nSPS) is 12.9. The summed E-state index contributed by atoms with van der Waals surface area (Å²) in [5.74, 6) is -0.395. The zero-order valence-corrected chi connectivity index (χ0v) is 26.4. The number of carbonyl (C=O) groups is 3. The molecule has 7 nitrogen and oxygen atoms in total. The van der Waals surface area contributed by atoms with Crippen LogP contribution >= 0.6 is 0 Å². The number of nitrogens with one attached hydrogen (secondary N) is 2. The van der Waals surface area contributed by atoms with E-state index in [-0.39, 0.29) is 17.7 Å². The van der Waals surface area contributed by atoms with Crippen molar-refractivity contribution in [2.45, 2.75) is 112 Å². The number of nitrogens with zero attached hydrogens (tertiary/aromatic N) is 1. The summed E-state index contributed by atoms with van der Waals surface area (Å²) in [5.41, 5.74) is 3.19. The maximum Gasteiger partial charge on any atom is 0.408 e. The number of aryl methyl sites for hydroxylation is 2. The van der Waals surface area contributed by atoms with Gasteiger partial charge in [0.1, 0.15) is 17.7 Å². The third-order valence-electron chi connectivity index (χ3n) is 6.95. The van der Waals surface area contributed by atoms with Crippen molar-refractivity contribution in [3.8, 4) is 0 Å². The Bertz CT molecular complexity index is 1120. The summed E-state index contributed by atoms with van der Waals surface area (Å²) >= 11 is 0. The van der Waals surface area contributed by atoms with Gasteiger partial charge in [0.25, 0.3) is 0 Å². The van der Waals surface area contributed by atoms with Crippen molar-refractivity contribution in [3.63, 3.8) is 0 Å². The zero-order valence-electron chi connectivity index (χ0n) is 26.4. The fourth-order valence-corrected chi connectivity index (χ4v) is 4.71. The molecule has 7 heteroatoms. The maximum absolute atomic E-state index is 14.4. The molecule has 0 fully saturated rings. The number of alkyl carbamates (subject to hydrolysis) is 1.